The Hall–Kier alpha value is -2.34. The highest BCUT2D eigenvalue weighted by molar-refractivity contribution is 7.89. The van der Waals surface area contributed by atoms with Crippen LogP contribution in [0.25, 0.3) is 5.82 Å². The van der Waals surface area contributed by atoms with Gasteiger partial charge < -0.3 is 15.4 Å². The van der Waals surface area contributed by atoms with Crippen molar-refractivity contribution in [3.63, 3.8) is 0 Å². The van der Waals surface area contributed by atoms with Crippen molar-refractivity contribution in [2.75, 3.05) is 32.8 Å². The minimum Gasteiger partial charge on any atom is -0.379 e. The molecule has 2 N–H and O–H groups in total. The van der Waals surface area contributed by atoms with Gasteiger partial charge in [0.1, 0.15) is 11.6 Å². The highest BCUT2D eigenvalue weighted by Gasteiger charge is 2.40. The van der Waals surface area contributed by atoms with Crippen LogP contribution in [0.3, 0.4) is 0 Å². The molecule has 0 saturated carbocycles. The Morgan fingerprint density at radius 1 is 1.30 bits per heavy atom. The number of amides is 1. The fourth-order valence-corrected chi connectivity index (χ4v) is 5.60. The van der Waals surface area contributed by atoms with Crippen LogP contribution < -0.4 is 10.6 Å². The summed E-state index contributed by atoms with van der Waals surface area (Å²) >= 11 is 0. The Kier molecular flexibility index (Phi) is 6.14. The Morgan fingerprint density at radius 2 is 2.10 bits per heavy atom. The van der Waals surface area contributed by atoms with Crippen molar-refractivity contribution >= 4 is 15.9 Å². The van der Waals surface area contributed by atoms with E-state index >= 15 is 0 Å². The van der Waals surface area contributed by atoms with Crippen LogP contribution in [0.4, 0.5) is 0 Å². The number of ether oxygens (including phenoxy) is 1. The van der Waals surface area contributed by atoms with Crippen LogP contribution in [0.1, 0.15) is 17.8 Å². The van der Waals surface area contributed by atoms with Crippen LogP contribution in [0.15, 0.2) is 30.7 Å². The predicted octanol–water partition coefficient (Wildman–Crippen LogP) is -0.416. The van der Waals surface area contributed by atoms with E-state index in [-0.39, 0.29) is 18.9 Å². The van der Waals surface area contributed by atoms with Gasteiger partial charge in [0, 0.05) is 44.8 Å². The second-order valence-corrected chi connectivity index (χ2v) is 9.67. The summed E-state index contributed by atoms with van der Waals surface area (Å²) in [6.45, 7) is 4.07. The first-order valence-electron chi connectivity index (χ1n) is 9.98. The molecule has 0 spiro atoms. The van der Waals surface area contributed by atoms with Gasteiger partial charge >= 0.3 is 0 Å². The molecule has 10 nitrogen and oxygen atoms in total. The van der Waals surface area contributed by atoms with E-state index in [1.807, 2.05) is 29.8 Å². The fourth-order valence-electron chi connectivity index (χ4n) is 3.78. The zero-order valence-corrected chi connectivity index (χ0v) is 17.6. The molecule has 4 rings (SSSR count). The molecule has 2 fully saturated rings. The van der Waals surface area contributed by atoms with Crippen molar-refractivity contribution in [1.82, 2.24) is 29.5 Å². The van der Waals surface area contributed by atoms with Gasteiger partial charge in [0.05, 0.1) is 24.5 Å². The first-order valence-corrected chi connectivity index (χ1v) is 11.5. The third-order valence-electron chi connectivity index (χ3n) is 5.51. The SMILES string of the molecule is Cc1nccn1-c1cc(CNC(=O)C2CC(S(=O)(=O)N3CCOCC3)CN2)ccn1. The van der Waals surface area contributed by atoms with Crippen LogP contribution in [0.5, 0.6) is 0 Å². The molecule has 0 aliphatic carbocycles. The highest BCUT2D eigenvalue weighted by atomic mass is 32.2. The van der Waals surface area contributed by atoms with Gasteiger partial charge in [0.15, 0.2) is 0 Å². The molecule has 2 aromatic heterocycles. The number of carbonyl (C=O) groups excluding carboxylic acids is 1. The Labute approximate surface area is 175 Å². The summed E-state index contributed by atoms with van der Waals surface area (Å²) in [4.78, 5) is 21.1. The molecular formula is C19H26N6O4S. The smallest absolute Gasteiger partial charge is 0.237 e. The second kappa shape index (κ2) is 8.80. The van der Waals surface area contributed by atoms with E-state index in [9.17, 15) is 13.2 Å². The molecule has 0 bridgehead atoms. The number of aryl methyl sites for hydroxylation is 1. The molecule has 1 amide bonds. The lowest BCUT2D eigenvalue weighted by Gasteiger charge is -2.28. The lowest BCUT2D eigenvalue weighted by atomic mass is 10.2. The number of hydrogen-bond donors (Lipinski definition) is 2. The molecule has 2 unspecified atom stereocenters. The Morgan fingerprint density at radius 3 is 2.83 bits per heavy atom. The van der Waals surface area contributed by atoms with Crippen molar-refractivity contribution in [3.05, 3.63) is 42.1 Å². The highest BCUT2D eigenvalue weighted by Crippen LogP contribution is 2.20. The number of rotatable bonds is 6. The molecule has 2 atom stereocenters. The fraction of sp³-hybridized carbons (Fsp3) is 0.526. The molecule has 2 saturated heterocycles. The average Bonchev–Trinajstić information content (AvgIpc) is 3.43. The molecule has 30 heavy (non-hydrogen) atoms. The van der Waals surface area contributed by atoms with E-state index in [0.29, 0.717) is 32.8 Å². The van der Waals surface area contributed by atoms with E-state index < -0.39 is 21.3 Å². The topological polar surface area (TPSA) is 118 Å². The number of nitrogens with zero attached hydrogens (tertiary/aromatic N) is 4. The van der Waals surface area contributed by atoms with Crippen LogP contribution >= 0.6 is 0 Å². The van der Waals surface area contributed by atoms with Crippen LogP contribution in [0, 0.1) is 6.92 Å². The summed E-state index contributed by atoms with van der Waals surface area (Å²) < 4.78 is 34.2. The molecule has 2 aromatic rings. The van der Waals surface area contributed by atoms with Crippen molar-refractivity contribution in [1.29, 1.82) is 0 Å². The van der Waals surface area contributed by atoms with Crippen LogP contribution in [0.2, 0.25) is 0 Å². The standard InChI is InChI=1S/C19H26N6O4S/c1-14-20-4-5-25(14)18-10-15(2-3-21-18)12-23-19(26)17-11-16(13-22-17)30(27,28)24-6-8-29-9-7-24/h2-5,10,16-17,22H,6-9,11-13H2,1H3,(H,23,26). The van der Waals surface area contributed by atoms with E-state index in [4.69, 9.17) is 4.74 Å². The molecule has 4 heterocycles. The molecule has 0 aromatic carbocycles. The monoisotopic (exact) mass is 434 g/mol. The molecular weight excluding hydrogens is 408 g/mol. The summed E-state index contributed by atoms with van der Waals surface area (Å²) in [6.07, 6.45) is 5.49. The molecule has 0 radical (unpaired) electrons. The number of aromatic nitrogens is 3. The van der Waals surface area contributed by atoms with Crippen LogP contribution in [-0.4, -0.2) is 77.3 Å². The summed E-state index contributed by atoms with van der Waals surface area (Å²) in [5, 5.41) is 5.36. The Bertz CT molecular complexity index is 1000. The van der Waals surface area contributed by atoms with Crippen molar-refractivity contribution in [2.24, 2.45) is 0 Å². The Balaban J connectivity index is 1.34. The number of carbonyl (C=O) groups is 1. The van der Waals surface area contributed by atoms with Gasteiger partial charge in [-0.1, -0.05) is 0 Å². The molecule has 11 heteroatoms. The van der Waals surface area contributed by atoms with Gasteiger partial charge in [-0.25, -0.2) is 18.4 Å². The zero-order chi connectivity index (χ0) is 21.1. The summed E-state index contributed by atoms with van der Waals surface area (Å²) in [5.41, 5.74) is 0.900. The maximum Gasteiger partial charge on any atom is 0.237 e. The van der Waals surface area contributed by atoms with Gasteiger partial charge in [-0.2, -0.15) is 4.31 Å². The lowest BCUT2D eigenvalue weighted by Crippen LogP contribution is -2.45. The number of nitrogens with one attached hydrogen (secondary N) is 2. The number of sulfonamides is 1. The summed E-state index contributed by atoms with van der Waals surface area (Å²) in [5.74, 6) is 1.35. The van der Waals surface area contributed by atoms with Gasteiger partial charge in [-0.05, 0) is 31.0 Å². The first kappa shape index (κ1) is 20.9. The minimum atomic E-state index is -3.44. The van der Waals surface area contributed by atoms with Crippen molar-refractivity contribution < 1.29 is 17.9 Å². The largest absolute Gasteiger partial charge is 0.379 e. The van der Waals surface area contributed by atoms with Gasteiger partial charge in [0.2, 0.25) is 15.9 Å². The van der Waals surface area contributed by atoms with Gasteiger partial charge in [0.25, 0.3) is 0 Å². The quantitative estimate of drug-likeness (QED) is 0.634. The third-order valence-corrected chi connectivity index (χ3v) is 7.79. The normalized spacial score (nSPS) is 22.8. The summed E-state index contributed by atoms with van der Waals surface area (Å²) in [7, 11) is -3.44. The maximum absolute atomic E-state index is 12.8. The van der Waals surface area contributed by atoms with E-state index in [2.05, 4.69) is 20.6 Å². The van der Waals surface area contributed by atoms with Crippen molar-refractivity contribution in [3.8, 4) is 5.82 Å². The molecule has 162 valence electrons. The van der Waals surface area contributed by atoms with Gasteiger partial charge in [-0.15, -0.1) is 0 Å². The number of hydrogen-bond acceptors (Lipinski definition) is 7. The average molecular weight is 435 g/mol. The second-order valence-electron chi connectivity index (χ2n) is 7.46. The minimum absolute atomic E-state index is 0.202. The van der Waals surface area contributed by atoms with E-state index in [1.165, 1.54) is 4.31 Å². The number of pyridine rings is 1. The number of morpholine rings is 1. The van der Waals surface area contributed by atoms with Gasteiger partial charge in [-0.3, -0.25) is 9.36 Å². The zero-order valence-electron chi connectivity index (χ0n) is 16.8. The third kappa shape index (κ3) is 4.38. The van der Waals surface area contributed by atoms with E-state index in [0.717, 1.165) is 17.2 Å². The maximum atomic E-state index is 12.8. The first-order chi connectivity index (χ1) is 14.4. The number of imidazole rings is 1. The molecule has 2 aliphatic rings. The van der Waals surface area contributed by atoms with Crippen molar-refractivity contribution in [2.45, 2.75) is 31.2 Å². The van der Waals surface area contributed by atoms with E-state index in [1.54, 1.807) is 12.4 Å². The summed E-state index contributed by atoms with van der Waals surface area (Å²) in [6, 6.07) is 3.20. The van der Waals surface area contributed by atoms with Crippen LogP contribution in [-0.2, 0) is 26.1 Å². The predicted molar refractivity (Wildman–Crippen MR) is 109 cm³/mol. The molecule has 2 aliphatic heterocycles. The lowest BCUT2D eigenvalue weighted by molar-refractivity contribution is -0.122.